The van der Waals surface area contributed by atoms with Crippen LogP contribution in [0.1, 0.15) is 30.9 Å². The molecule has 0 saturated carbocycles. The van der Waals surface area contributed by atoms with Crippen LogP contribution in [0, 0.1) is 12.7 Å². The van der Waals surface area contributed by atoms with Gasteiger partial charge >= 0.3 is 17.7 Å². The highest BCUT2D eigenvalue weighted by Gasteiger charge is 2.41. The smallest absolute Gasteiger partial charge is 0.446 e. The molecule has 2 aliphatic heterocycles. The van der Waals surface area contributed by atoms with E-state index < -0.39 is 73.9 Å². The molecule has 47 heavy (non-hydrogen) atoms. The van der Waals surface area contributed by atoms with Gasteiger partial charge < -0.3 is 25.2 Å². The highest BCUT2D eigenvalue weighted by Crippen LogP contribution is 2.49. The number of likely N-dealkylation sites (N-methyl/N-ethyl adjacent to an activating group) is 1. The van der Waals surface area contributed by atoms with Crippen LogP contribution in [-0.2, 0) is 11.0 Å². The second-order valence-corrected chi connectivity index (χ2v) is 12.6. The molecule has 0 spiro atoms. The number of halogens is 7. The summed E-state index contributed by atoms with van der Waals surface area (Å²) in [7, 11) is 1.91. The summed E-state index contributed by atoms with van der Waals surface area (Å²) < 4.78 is 107. The van der Waals surface area contributed by atoms with Crippen molar-refractivity contribution in [2.75, 3.05) is 50.5 Å². The largest absolute Gasteiger partial charge is 0.462 e. The first-order valence-corrected chi connectivity index (χ1v) is 15.5. The number of nitrogen functional groups attached to an aromatic ring is 1. The predicted octanol–water partition coefficient (Wildman–Crippen LogP) is 6.05. The van der Waals surface area contributed by atoms with Crippen LogP contribution in [0.15, 0.2) is 29.7 Å². The Kier molecular flexibility index (Phi) is 9.52. The molecule has 3 aromatic rings. The van der Waals surface area contributed by atoms with E-state index in [1.54, 1.807) is 11.8 Å². The fraction of sp³-hybridized carbons (Fsp3) is 0.467. The molecule has 254 valence electrons. The van der Waals surface area contributed by atoms with Crippen molar-refractivity contribution < 1.29 is 40.3 Å². The molecule has 1 aromatic carbocycles. The van der Waals surface area contributed by atoms with Crippen molar-refractivity contribution in [3.63, 3.8) is 0 Å². The Bertz CT molecular complexity index is 1700. The average molecular weight is 688 g/mol. The van der Waals surface area contributed by atoms with Crippen LogP contribution in [0.4, 0.5) is 42.4 Å². The molecule has 2 aliphatic rings. The molecule has 17 heteroatoms. The number of aromatic nitrogens is 3. The maximum absolute atomic E-state index is 16.8. The van der Waals surface area contributed by atoms with Crippen LogP contribution in [0.3, 0.4) is 0 Å². The van der Waals surface area contributed by atoms with Gasteiger partial charge in [-0.25, -0.2) is 9.37 Å². The molecule has 2 saturated heterocycles. The lowest BCUT2D eigenvalue weighted by atomic mass is 9.98. The molecular formula is C30H32F7N7O2S. The number of hydrogen-bond acceptors (Lipinski definition) is 9. The summed E-state index contributed by atoms with van der Waals surface area (Å²) in [6.07, 6.45) is -2.22. The predicted molar refractivity (Wildman–Crippen MR) is 164 cm³/mol. The zero-order valence-electron chi connectivity index (χ0n) is 25.7. The number of likely N-dealkylation sites (tertiary alicyclic amines) is 1. The van der Waals surface area contributed by atoms with Crippen LogP contribution in [0.25, 0.3) is 22.2 Å². The van der Waals surface area contributed by atoms with Gasteiger partial charge in [0.25, 0.3) is 0 Å². The number of nitrogens with two attached hydrogens (primary N) is 1. The topological polar surface area (TPSA) is 101 Å². The van der Waals surface area contributed by atoms with Gasteiger partial charge in [0.1, 0.15) is 23.8 Å². The number of anilines is 2. The second kappa shape index (κ2) is 13.0. The molecule has 5 rings (SSSR count). The lowest BCUT2D eigenvalue weighted by molar-refractivity contribution is -0.137. The number of alkyl halides is 6. The van der Waals surface area contributed by atoms with E-state index in [0.717, 1.165) is 44.5 Å². The molecule has 0 unspecified atom stereocenters. The molecule has 2 atom stereocenters. The zero-order valence-corrected chi connectivity index (χ0v) is 26.5. The van der Waals surface area contributed by atoms with Gasteiger partial charge in [-0.2, -0.15) is 36.3 Å². The van der Waals surface area contributed by atoms with Crippen molar-refractivity contribution in [1.82, 2.24) is 24.8 Å². The Morgan fingerprint density at radius 1 is 1.15 bits per heavy atom. The minimum Gasteiger partial charge on any atom is -0.462 e. The van der Waals surface area contributed by atoms with E-state index in [0.29, 0.717) is 0 Å². The number of pyridine rings is 1. The molecule has 0 aliphatic carbocycles. The molecule has 2 N–H and O–H groups in total. The Hall–Kier alpha value is -3.86. The molecular weight excluding hydrogens is 655 g/mol. The first kappa shape index (κ1) is 34.5. The lowest BCUT2D eigenvalue weighted by Crippen LogP contribution is -2.53. The number of fused-ring (bicyclic) bond motifs is 1. The number of piperazine rings is 1. The van der Waals surface area contributed by atoms with Crippen molar-refractivity contribution in [2.45, 2.75) is 55.4 Å². The Balaban J connectivity index is 1.76. The van der Waals surface area contributed by atoms with Crippen LogP contribution in [0.2, 0.25) is 0 Å². The van der Waals surface area contributed by atoms with Gasteiger partial charge in [-0.05, 0) is 75.8 Å². The summed E-state index contributed by atoms with van der Waals surface area (Å²) in [6, 6.07) is 1.05. The van der Waals surface area contributed by atoms with E-state index in [4.69, 9.17) is 10.5 Å². The lowest BCUT2D eigenvalue weighted by Gasteiger charge is -2.40. The first-order chi connectivity index (χ1) is 22.0. The van der Waals surface area contributed by atoms with Crippen molar-refractivity contribution in [3.8, 4) is 17.3 Å². The number of carbonyl (C=O) groups is 1. The third kappa shape index (κ3) is 7.20. The quantitative estimate of drug-likeness (QED) is 0.181. The minimum absolute atomic E-state index is 0.00483. The van der Waals surface area contributed by atoms with Gasteiger partial charge in [0.05, 0.1) is 16.8 Å². The second-order valence-electron chi connectivity index (χ2n) is 11.5. The van der Waals surface area contributed by atoms with E-state index >= 15 is 4.39 Å². The van der Waals surface area contributed by atoms with Crippen molar-refractivity contribution >= 4 is 40.2 Å². The van der Waals surface area contributed by atoms with Gasteiger partial charge in [0.2, 0.25) is 5.91 Å². The summed E-state index contributed by atoms with van der Waals surface area (Å²) >= 11 is -0.786. The number of rotatable bonds is 7. The summed E-state index contributed by atoms with van der Waals surface area (Å²) in [6.45, 7) is 7.77. The van der Waals surface area contributed by atoms with Crippen LogP contribution < -0.4 is 15.4 Å². The summed E-state index contributed by atoms with van der Waals surface area (Å²) in [4.78, 5) is 29.1. The Morgan fingerprint density at radius 3 is 2.47 bits per heavy atom. The average Bonchev–Trinajstić information content (AvgIpc) is 3.38. The van der Waals surface area contributed by atoms with E-state index in [1.807, 2.05) is 7.05 Å². The Morgan fingerprint density at radius 2 is 1.87 bits per heavy atom. The number of amides is 1. The summed E-state index contributed by atoms with van der Waals surface area (Å²) in [5.74, 6) is -2.23. The fourth-order valence-corrected chi connectivity index (χ4v) is 6.79. The van der Waals surface area contributed by atoms with E-state index in [1.165, 1.54) is 4.90 Å². The highest BCUT2D eigenvalue weighted by molar-refractivity contribution is 8.00. The van der Waals surface area contributed by atoms with Gasteiger partial charge in [-0.3, -0.25) is 4.79 Å². The minimum atomic E-state index is -5.11. The zero-order chi connectivity index (χ0) is 34.4. The van der Waals surface area contributed by atoms with E-state index in [-0.39, 0.29) is 55.4 Å². The van der Waals surface area contributed by atoms with Gasteiger partial charge in [-0.1, -0.05) is 6.58 Å². The molecule has 4 heterocycles. The van der Waals surface area contributed by atoms with Crippen LogP contribution >= 0.6 is 11.8 Å². The van der Waals surface area contributed by atoms with Gasteiger partial charge in [0, 0.05) is 42.0 Å². The number of thioether (sulfide) groups is 1. The maximum Gasteiger partial charge on any atom is 0.446 e. The molecule has 1 amide bonds. The normalized spacial score (nSPS) is 19.4. The maximum atomic E-state index is 16.8. The van der Waals surface area contributed by atoms with Crippen LogP contribution in [-0.4, -0.2) is 88.1 Å². The van der Waals surface area contributed by atoms with E-state index in [2.05, 4.69) is 26.4 Å². The summed E-state index contributed by atoms with van der Waals surface area (Å²) in [5, 5.41) is -0.187. The Labute approximate surface area is 270 Å². The molecule has 2 fully saturated rings. The van der Waals surface area contributed by atoms with Crippen molar-refractivity contribution in [2.24, 2.45) is 0 Å². The number of benzene rings is 1. The number of nitrogens with zero attached hydrogens (tertiary/aromatic N) is 6. The van der Waals surface area contributed by atoms with Crippen molar-refractivity contribution in [3.05, 3.63) is 41.7 Å². The number of aryl methyl sites for hydroxylation is 1. The fourth-order valence-electron chi connectivity index (χ4n) is 6.08. The molecule has 2 aromatic heterocycles. The van der Waals surface area contributed by atoms with Crippen molar-refractivity contribution in [1.29, 1.82) is 0 Å². The number of ether oxygens (including phenoxy) is 1. The SMILES string of the molecule is C=CC(=O)N1CCN(c2nc(OC[C@@H]3CCCN3C)nc3c(F)c(-c4nc(N)cc(C)c4C(F)(F)F)c(SC(F)(F)F)cc23)[C@@H](C)C1. The summed E-state index contributed by atoms with van der Waals surface area (Å²) in [5.41, 5.74) is -3.86. The first-order valence-electron chi connectivity index (χ1n) is 14.6. The van der Waals surface area contributed by atoms with Crippen LogP contribution in [0.5, 0.6) is 6.01 Å². The highest BCUT2D eigenvalue weighted by atomic mass is 32.2. The van der Waals surface area contributed by atoms with Gasteiger partial charge in [0.15, 0.2) is 5.82 Å². The number of carbonyl (C=O) groups excluding carboxylic acids is 1. The molecule has 9 nitrogen and oxygen atoms in total. The standard InChI is InChI=1S/C30H32F7N7O2S/c1-5-21(45)43-9-10-44(16(3)13-43)27-18-12-19(47-30(35,36)37)22(26-23(29(32,33)34)15(2)11-20(38)39-26)24(31)25(18)40-28(41-27)46-14-17-7-6-8-42(17)4/h5,11-12,16-17H,1,6-10,13-14H2,2-4H3,(H2,38,39)/t16-,17-/m0/s1. The van der Waals surface area contributed by atoms with Gasteiger partial charge in [-0.15, -0.1) is 0 Å². The third-order valence-corrected chi connectivity index (χ3v) is 9.07. The number of hydrogen-bond donors (Lipinski definition) is 1. The molecule has 0 radical (unpaired) electrons. The molecule has 0 bridgehead atoms. The van der Waals surface area contributed by atoms with E-state index in [9.17, 15) is 31.1 Å². The third-order valence-electron chi connectivity index (χ3n) is 8.30. The monoisotopic (exact) mass is 687 g/mol.